The molecule has 3 rings (SSSR count). The number of hydrogen-bond acceptors (Lipinski definition) is 2. The van der Waals surface area contributed by atoms with Gasteiger partial charge in [-0.3, -0.25) is 9.97 Å². The molecule has 0 radical (unpaired) electrons. The number of pyridine rings is 2. The van der Waals surface area contributed by atoms with Crippen LogP contribution in [0.1, 0.15) is 0 Å². The van der Waals surface area contributed by atoms with Crippen LogP contribution in [0.25, 0.3) is 21.8 Å². The van der Waals surface area contributed by atoms with Crippen LogP contribution in [0.4, 0.5) is 0 Å². The van der Waals surface area contributed by atoms with E-state index in [4.69, 9.17) is 0 Å². The van der Waals surface area contributed by atoms with Gasteiger partial charge in [0.15, 0.2) is 0 Å². The summed E-state index contributed by atoms with van der Waals surface area (Å²) in [6.45, 7) is 0. The zero-order chi connectivity index (χ0) is 9.38. The van der Waals surface area contributed by atoms with Crippen molar-refractivity contribution in [1.29, 1.82) is 0 Å². The Morgan fingerprint density at radius 1 is 0.800 bits per heavy atom. The maximum absolute atomic E-state index is 4.37. The van der Waals surface area contributed by atoms with Crippen molar-refractivity contribution in [2.24, 2.45) is 0 Å². The molecule has 0 spiro atoms. The summed E-state index contributed by atoms with van der Waals surface area (Å²) in [5.41, 5.74) is 2.02. The Kier molecular flexibility index (Phi) is 3.43. The molecular formula is C12H10BaN2. The van der Waals surface area contributed by atoms with E-state index in [9.17, 15) is 0 Å². The topological polar surface area (TPSA) is 25.8 Å². The molecule has 0 aliphatic carbocycles. The number of rotatable bonds is 0. The van der Waals surface area contributed by atoms with Gasteiger partial charge < -0.3 is 0 Å². The van der Waals surface area contributed by atoms with Crippen LogP contribution >= 0.6 is 0 Å². The quantitative estimate of drug-likeness (QED) is 0.467. The maximum atomic E-state index is 4.37. The summed E-state index contributed by atoms with van der Waals surface area (Å²) >= 11 is 0. The Labute approximate surface area is 128 Å². The molecule has 0 aliphatic heterocycles. The molecule has 0 aliphatic rings. The maximum Gasteiger partial charge on any atom is 0.0795 e. The number of hydrogen-bond donors (Lipinski definition) is 0. The van der Waals surface area contributed by atoms with Crippen LogP contribution < -0.4 is 0 Å². The molecule has 1 aromatic carbocycles. The van der Waals surface area contributed by atoms with Crippen LogP contribution in [0.5, 0.6) is 0 Å². The summed E-state index contributed by atoms with van der Waals surface area (Å²) in [5.74, 6) is 0. The van der Waals surface area contributed by atoms with Gasteiger partial charge in [0.2, 0.25) is 0 Å². The largest absolute Gasteiger partial charge is 0.256 e. The molecule has 0 atom stereocenters. The molecule has 3 heteroatoms. The molecule has 0 saturated carbocycles. The monoisotopic (exact) mass is 320 g/mol. The van der Waals surface area contributed by atoms with Crippen LogP contribution in [0.2, 0.25) is 0 Å². The predicted molar refractivity (Wildman–Crippen MR) is 65.6 cm³/mol. The van der Waals surface area contributed by atoms with Gasteiger partial charge in [0.25, 0.3) is 0 Å². The van der Waals surface area contributed by atoms with Gasteiger partial charge in [-0.05, 0) is 24.3 Å². The molecular weight excluding hydrogens is 309 g/mol. The fourth-order valence-electron chi connectivity index (χ4n) is 1.70. The molecule has 0 fully saturated rings. The minimum Gasteiger partial charge on any atom is -0.256 e. The van der Waals surface area contributed by atoms with Crippen molar-refractivity contribution in [2.75, 3.05) is 0 Å². The Bertz CT molecular complexity index is 553. The number of fused-ring (bicyclic) bond motifs is 3. The predicted octanol–water partition coefficient (Wildman–Crippen LogP) is 1.87. The second kappa shape index (κ2) is 4.64. The van der Waals surface area contributed by atoms with Crippen molar-refractivity contribution < 1.29 is 0 Å². The van der Waals surface area contributed by atoms with E-state index in [-0.39, 0.29) is 48.9 Å². The zero-order valence-electron chi connectivity index (χ0n) is 7.51. The van der Waals surface area contributed by atoms with Crippen molar-refractivity contribution in [2.45, 2.75) is 0 Å². The number of nitrogens with zero attached hydrogens (tertiary/aromatic N) is 2. The van der Waals surface area contributed by atoms with Gasteiger partial charge in [-0.2, -0.15) is 0 Å². The Morgan fingerprint density at radius 3 is 2.53 bits per heavy atom. The van der Waals surface area contributed by atoms with E-state index in [0.717, 1.165) is 21.8 Å². The Hall–Kier alpha value is -0.389. The van der Waals surface area contributed by atoms with Gasteiger partial charge in [0.05, 0.1) is 11.0 Å². The van der Waals surface area contributed by atoms with Crippen LogP contribution in [0, 0.1) is 0 Å². The van der Waals surface area contributed by atoms with Crippen molar-refractivity contribution in [1.82, 2.24) is 9.97 Å². The second-order valence-electron chi connectivity index (χ2n) is 3.21. The number of benzene rings is 1. The van der Waals surface area contributed by atoms with E-state index in [2.05, 4.69) is 28.2 Å². The fraction of sp³-hybridized carbons (Fsp3) is 0. The average molecular weight is 320 g/mol. The summed E-state index contributed by atoms with van der Waals surface area (Å²) < 4.78 is 0. The number of aromatic nitrogens is 2. The first-order chi connectivity index (χ1) is 6.95. The summed E-state index contributed by atoms with van der Waals surface area (Å²) in [7, 11) is 0. The van der Waals surface area contributed by atoms with E-state index < -0.39 is 0 Å². The Morgan fingerprint density at radius 2 is 1.60 bits per heavy atom. The molecule has 0 unspecified atom stereocenters. The van der Waals surface area contributed by atoms with Gasteiger partial charge >= 0.3 is 48.9 Å². The molecule has 0 amide bonds. The molecule has 70 valence electrons. The smallest absolute Gasteiger partial charge is 0.0795 e. The van der Waals surface area contributed by atoms with Crippen molar-refractivity contribution >= 4 is 70.7 Å². The summed E-state index contributed by atoms with van der Waals surface area (Å²) in [5, 5.41) is 2.28. The first kappa shape index (κ1) is 11.1. The van der Waals surface area contributed by atoms with Crippen LogP contribution in [0.3, 0.4) is 0 Å². The van der Waals surface area contributed by atoms with E-state index in [1.165, 1.54) is 0 Å². The standard InChI is InChI=1S/C12H8N2.Ba.2H/c1-3-9-5-6-11-10(4-2-7-13-11)12(9)14-8-1;;;/h1-8H;;;. The summed E-state index contributed by atoms with van der Waals surface area (Å²) in [6.07, 6.45) is 3.62. The normalized spacial score (nSPS) is 10.1. The first-order valence-electron chi connectivity index (χ1n) is 4.53. The van der Waals surface area contributed by atoms with E-state index in [0.29, 0.717) is 0 Å². The molecule has 2 heterocycles. The molecule has 0 N–H and O–H groups in total. The zero-order valence-corrected chi connectivity index (χ0v) is 7.51. The van der Waals surface area contributed by atoms with E-state index >= 15 is 0 Å². The van der Waals surface area contributed by atoms with Crippen LogP contribution in [-0.4, -0.2) is 58.8 Å². The third kappa shape index (κ3) is 1.96. The van der Waals surface area contributed by atoms with Gasteiger partial charge in [-0.1, -0.05) is 12.1 Å². The Balaban J connectivity index is 0.000000853. The molecule has 0 saturated heterocycles. The molecule has 3 aromatic rings. The van der Waals surface area contributed by atoms with Gasteiger partial charge in [0.1, 0.15) is 0 Å². The third-order valence-electron chi connectivity index (χ3n) is 2.35. The van der Waals surface area contributed by atoms with E-state index in [1.807, 2.05) is 24.4 Å². The average Bonchev–Trinajstić information content (AvgIpc) is 2.29. The molecule has 15 heavy (non-hydrogen) atoms. The van der Waals surface area contributed by atoms with Crippen molar-refractivity contribution in [3.63, 3.8) is 0 Å². The first-order valence-corrected chi connectivity index (χ1v) is 4.53. The van der Waals surface area contributed by atoms with Gasteiger partial charge in [-0.25, -0.2) is 0 Å². The summed E-state index contributed by atoms with van der Waals surface area (Å²) in [6, 6.07) is 12.1. The minimum atomic E-state index is 0. The van der Waals surface area contributed by atoms with Crippen molar-refractivity contribution in [3.8, 4) is 0 Å². The molecule has 2 aromatic heterocycles. The van der Waals surface area contributed by atoms with E-state index in [1.54, 1.807) is 6.20 Å². The molecule has 2 nitrogen and oxygen atoms in total. The van der Waals surface area contributed by atoms with Gasteiger partial charge in [0, 0.05) is 23.2 Å². The second-order valence-corrected chi connectivity index (χ2v) is 3.21. The summed E-state index contributed by atoms with van der Waals surface area (Å²) in [4.78, 5) is 8.66. The van der Waals surface area contributed by atoms with Crippen LogP contribution in [-0.2, 0) is 0 Å². The molecule has 0 bridgehead atoms. The van der Waals surface area contributed by atoms with Crippen LogP contribution in [0.15, 0.2) is 48.8 Å². The SMILES string of the molecule is [BaH2].c1cnc2c(c1)ccc1ncccc12. The third-order valence-corrected chi connectivity index (χ3v) is 2.35. The fourth-order valence-corrected chi connectivity index (χ4v) is 1.70. The minimum absolute atomic E-state index is 0. The van der Waals surface area contributed by atoms with Crippen molar-refractivity contribution in [3.05, 3.63) is 48.8 Å². The van der Waals surface area contributed by atoms with Gasteiger partial charge in [-0.15, -0.1) is 0 Å².